The highest BCUT2D eigenvalue weighted by atomic mass is 16.3. The minimum Gasteiger partial charge on any atom is -0.508 e. The van der Waals surface area contributed by atoms with Crippen molar-refractivity contribution < 1.29 is 5.11 Å². The fourth-order valence-electron chi connectivity index (χ4n) is 4.83. The van der Waals surface area contributed by atoms with Gasteiger partial charge in [-0.15, -0.1) is 0 Å². The van der Waals surface area contributed by atoms with Crippen molar-refractivity contribution in [3.8, 4) is 28.0 Å². The van der Waals surface area contributed by atoms with Gasteiger partial charge in [0, 0.05) is 0 Å². The van der Waals surface area contributed by atoms with Crippen molar-refractivity contribution in [1.82, 2.24) is 0 Å². The molecule has 1 heteroatoms. The highest BCUT2D eigenvalue weighted by Crippen LogP contribution is 2.45. The van der Waals surface area contributed by atoms with Gasteiger partial charge in [-0.3, -0.25) is 0 Å². The lowest BCUT2D eigenvalue weighted by atomic mass is 9.85. The molecule has 0 heterocycles. The fraction of sp³-hybridized carbons (Fsp3) is 0. The van der Waals surface area contributed by atoms with Crippen LogP contribution in [0.25, 0.3) is 54.6 Å². The average molecular weight is 396 g/mol. The van der Waals surface area contributed by atoms with Crippen LogP contribution in [0.5, 0.6) is 5.75 Å². The first-order valence-electron chi connectivity index (χ1n) is 10.5. The Labute approximate surface area is 180 Å². The maximum Gasteiger partial charge on any atom is 0.116 e. The summed E-state index contributed by atoms with van der Waals surface area (Å²) in [4.78, 5) is 0. The molecule has 0 unspecified atom stereocenters. The number of fused-ring (bicyclic) bond motifs is 3. The third-order valence-electron chi connectivity index (χ3n) is 6.13. The molecule has 0 saturated heterocycles. The van der Waals surface area contributed by atoms with Crippen molar-refractivity contribution in [1.29, 1.82) is 0 Å². The second-order valence-electron chi connectivity index (χ2n) is 7.92. The van der Waals surface area contributed by atoms with E-state index in [2.05, 4.69) is 97.1 Å². The van der Waals surface area contributed by atoms with Gasteiger partial charge < -0.3 is 5.11 Å². The largest absolute Gasteiger partial charge is 0.508 e. The fourth-order valence-corrected chi connectivity index (χ4v) is 4.83. The van der Waals surface area contributed by atoms with Crippen molar-refractivity contribution in [3.05, 3.63) is 115 Å². The minimum absolute atomic E-state index is 0.281. The first-order valence-corrected chi connectivity index (χ1v) is 10.5. The van der Waals surface area contributed by atoms with Gasteiger partial charge in [0.1, 0.15) is 5.75 Å². The van der Waals surface area contributed by atoms with Crippen molar-refractivity contribution in [2.24, 2.45) is 0 Å². The molecule has 0 bridgehead atoms. The van der Waals surface area contributed by atoms with Gasteiger partial charge in [0.25, 0.3) is 0 Å². The highest BCUT2D eigenvalue weighted by Gasteiger charge is 2.17. The lowest BCUT2D eigenvalue weighted by Crippen LogP contribution is -1.91. The minimum atomic E-state index is 0.281. The van der Waals surface area contributed by atoms with Crippen LogP contribution in [0.3, 0.4) is 0 Å². The van der Waals surface area contributed by atoms with Gasteiger partial charge in [0.15, 0.2) is 0 Å². The summed E-state index contributed by atoms with van der Waals surface area (Å²) in [5.74, 6) is 0.281. The number of hydrogen-bond acceptors (Lipinski definition) is 1. The Bertz CT molecular complexity index is 1530. The molecule has 6 aromatic carbocycles. The summed E-state index contributed by atoms with van der Waals surface area (Å²) in [5, 5.41) is 17.5. The summed E-state index contributed by atoms with van der Waals surface area (Å²) in [6, 6.07) is 39.9. The van der Waals surface area contributed by atoms with Gasteiger partial charge in [-0.05, 0) is 66.7 Å². The molecule has 0 atom stereocenters. The molecule has 1 N–H and O–H groups in total. The maximum absolute atomic E-state index is 10.2. The molecule has 0 fully saturated rings. The summed E-state index contributed by atoms with van der Waals surface area (Å²) in [5.41, 5.74) is 4.68. The molecule has 6 aromatic rings. The maximum atomic E-state index is 10.2. The summed E-state index contributed by atoms with van der Waals surface area (Å²) in [6.45, 7) is 0. The Morgan fingerprint density at radius 2 is 0.935 bits per heavy atom. The molecular weight excluding hydrogens is 376 g/mol. The quantitative estimate of drug-likeness (QED) is 0.293. The lowest BCUT2D eigenvalue weighted by molar-refractivity contribution is 0.475. The van der Waals surface area contributed by atoms with E-state index < -0.39 is 0 Å². The zero-order valence-electron chi connectivity index (χ0n) is 16.9. The molecule has 0 aromatic heterocycles. The molecule has 0 radical (unpaired) electrons. The summed E-state index contributed by atoms with van der Waals surface area (Å²) < 4.78 is 0. The van der Waals surface area contributed by atoms with Crippen LogP contribution < -0.4 is 0 Å². The Hall–Kier alpha value is -4.10. The number of phenols is 1. The monoisotopic (exact) mass is 396 g/mol. The molecule has 0 aliphatic heterocycles. The summed E-state index contributed by atoms with van der Waals surface area (Å²) in [7, 11) is 0. The van der Waals surface area contributed by atoms with E-state index in [4.69, 9.17) is 0 Å². The first kappa shape index (κ1) is 17.7. The molecular formula is C30H20O. The predicted molar refractivity (Wildman–Crippen MR) is 131 cm³/mol. The van der Waals surface area contributed by atoms with Crippen LogP contribution in [0.15, 0.2) is 115 Å². The topological polar surface area (TPSA) is 20.2 Å². The molecule has 31 heavy (non-hydrogen) atoms. The van der Waals surface area contributed by atoms with Gasteiger partial charge in [-0.1, -0.05) is 103 Å². The summed E-state index contributed by atoms with van der Waals surface area (Å²) >= 11 is 0. The molecule has 0 aliphatic carbocycles. The third-order valence-corrected chi connectivity index (χ3v) is 6.13. The van der Waals surface area contributed by atoms with Crippen molar-refractivity contribution in [2.75, 3.05) is 0 Å². The lowest BCUT2D eigenvalue weighted by Gasteiger charge is -2.18. The molecule has 1 nitrogen and oxygen atoms in total. The van der Waals surface area contributed by atoms with Crippen LogP contribution in [0.2, 0.25) is 0 Å². The molecule has 0 saturated carbocycles. The Balaban J connectivity index is 1.84. The smallest absolute Gasteiger partial charge is 0.116 e. The standard InChI is InChI=1S/C30H20O/c31-22-12-7-11-21(19-22)29-25-14-3-5-16-27(25)30(28-17-6-4-15-26(28)29)24-18-8-10-20-9-1-2-13-23(20)24/h1-19,31H. The van der Waals surface area contributed by atoms with Crippen LogP contribution in [0.1, 0.15) is 0 Å². The number of hydrogen-bond donors (Lipinski definition) is 1. The molecule has 0 aliphatic rings. The van der Waals surface area contributed by atoms with Gasteiger partial charge >= 0.3 is 0 Å². The SMILES string of the molecule is Oc1cccc(-c2c3ccccc3c(-c3cccc4ccccc34)c3ccccc23)c1. The second-order valence-corrected chi connectivity index (χ2v) is 7.92. The Kier molecular flexibility index (Phi) is 4.00. The highest BCUT2D eigenvalue weighted by molar-refractivity contribution is 6.23. The van der Waals surface area contributed by atoms with Crippen LogP contribution in [-0.2, 0) is 0 Å². The van der Waals surface area contributed by atoms with Crippen LogP contribution in [-0.4, -0.2) is 5.11 Å². The van der Waals surface area contributed by atoms with E-state index in [1.54, 1.807) is 6.07 Å². The van der Waals surface area contributed by atoms with E-state index in [-0.39, 0.29) is 5.75 Å². The number of benzene rings is 6. The van der Waals surface area contributed by atoms with E-state index >= 15 is 0 Å². The van der Waals surface area contributed by atoms with Crippen LogP contribution in [0, 0.1) is 0 Å². The van der Waals surface area contributed by atoms with Gasteiger partial charge in [-0.2, -0.15) is 0 Å². The Morgan fingerprint density at radius 3 is 1.58 bits per heavy atom. The van der Waals surface area contributed by atoms with Crippen molar-refractivity contribution in [2.45, 2.75) is 0 Å². The van der Waals surface area contributed by atoms with E-state index in [0.717, 1.165) is 11.1 Å². The van der Waals surface area contributed by atoms with Gasteiger partial charge in [0.05, 0.1) is 0 Å². The normalized spacial score (nSPS) is 11.4. The number of aromatic hydroxyl groups is 1. The number of rotatable bonds is 2. The zero-order chi connectivity index (χ0) is 20.8. The number of phenolic OH excluding ortho intramolecular Hbond substituents is 1. The second kappa shape index (κ2) is 7.00. The molecule has 0 amide bonds. The third kappa shape index (κ3) is 2.78. The predicted octanol–water partition coefficient (Wildman–Crippen LogP) is 8.19. The van der Waals surface area contributed by atoms with Crippen molar-refractivity contribution in [3.63, 3.8) is 0 Å². The molecule has 146 valence electrons. The van der Waals surface area contributed by atoms with Crippen molar-refractivity contribution >= 4 is 32.3 Å². The summed E-state index contributed by atoms with van der Waals surface area (Å²) in [6.07, 6.45) is 0. The average Bonchev–Trinajstić information content (AvgIpc) is 2.82. The first-order chi connectivity index (χ1) is 15.3. The molecule has 0 spiro atoms. The van der Waals surface area contributed by atoms with Crippen LogP contribution >= 0.6 is 0 Å². The van der Waals surface area contributed by atoms with E-state index in [1.165, 1.54) is 43.4 Å². The van der Waals surface area contributed by atoms with Crippen LogP contribution in [0.4, 0.5) is 0 Å². The Morgan fingerprint density at radius 1 is 0.419 bits per heavy atom. The van der Waals surface area contributed by atoms with E-state index in [9.17, 15) is 5.11 Å². The van der Waals surface area contributed by atoms with E-state index in [0.29, 0.717) is 0 Å². The zero-order valence-corrected chi connectivity index (χ0v) is 16.9. The van der Waals surface area contributed by atoms with Gasteiger partial charge in [-0.25, -0.2) is 0 Å². The van der Waals surface area contributed by atoms with Gasteiger partial charge in [0.2, 0.25) is 0 Å². The molecule has 6 rings (SSSR count). The van der Waals surface area contributed by atoms with E-state index in [1.807, 2.05) is 12.1 Å².